The summed E-state index contributed by atoms with van der Waals surface area (Å²) in [7, 11) is 0. The molecule has 1 aromatic heterocycles. The summed E-state index contributed by atoms with van der Waals surface area (Å²) < 4.78 is 1.93. The molecule has 1 atom stereocenters. The van der Waals surface area contributed by atoms with Gasteiger partial charge in [0.25, 0.3) is 0 Å². The molecule has 2 rings (SSSR count). The molecule has 0 fully saturated rings. The highest BCUT2D eigenvalue weighted by Crippen LogP contribution is 2.20. The summed E-state index contributed by atoms with van der Waals surface area (Å²) >= 11 is 1.97. The summed E-state index contributed by atoms with van der Waals surface area (Å²) in [6.07, 6.45) is 3.08. The lowest BCUT2D eigenvalue weighted by molar-refractivity contribution is 0.570. The summed E-state index contributed by atoms with van der Waals surface area (Å²) in [4.78, 5) is 0. The average molecular weight is 290 g/mol. The predicted molar refractivity (Wildman–Crippen MR) is 85.4 cm³/mol. The van der Waals surface area contributed by atoms with Gasteiger partial charge in [-0.25, -0.2) is 4.68 Å². The van der Waals surface area contributed by atoms with E-state index < -0.39 is 0 Å². The second-order valence-corrected chi connectivity index (χ2v) is 5.74. The van der Waals surface area contributed by atoms with Crippen LogP contribution in [0.25, 0.3) is 5.69 Å². The molecule has 1 unspecified atom stereocenters. The Morgan fingerprint density at radius 1 is 1.25 bits per heavy atom. The van der Waals surface area contributed by atoms with E-state index >= 15 is 0 Å². The lowest BCUT2D eigenvalue weighted by Crippen LogP contribution is -2.25. The monoisotopic (exact) mass is 290 g/mol. The number of benzene rings is 1. The minimum Gasteiger partial charge on any atom is -0.308 e. The van der Waals surface area contributed by atoms with E-state index in [9.17, 15) is 0 Å². The molecule has 0 aliphatic rings. The van der Waals surface area contributed by atoms with Crippen molar-refractivity contribution in [2.75, 3.05) is 18.1 Å². The third kappa shape index (κ3) is 3.84. The highest BCUT2D eigenvalue weighted by Gasteiger charge is 2.17. The molecule has 2 aromatic rings. The lowest BCUT2D eigenvalue weighted by atomic mass is 10.2. The van der Waals surface area contributed by atoms with Crippen molar-refractivity contribution in [2.24, 2.45) is 0 Å². The molecular weight excluding hydrogens is 268 g/mol. The van der Waals surface area contributed by atoms with Crippen molar-refractivity contribution in [3.8, 4) is 5.69 Å². The van der Waals surface area contributed by atoms with Gasteiger partial charge in [0.1, 0.15) is 0 Å². The Hall–Kier alpha value is -1.33. The minimum atomic E-state index is 0.284. The zero-order valence-corrected chi connectivity index (χ0v) is 12.9. The van der Waals surface area contributed by atoms with Crippen molar-refractivity contribution < 1.29 is 0 Å². The Bertz CT molecular complexity index is 498. The molecule has 0 spiro atoms. The largest absolute Gasteiger partial charge is 0.308 e. The predicted octanol–water partition coefficient (Wildman–Crippen LogP) is 3.06. The van der Waals surface area contributed by atoms with Gasteiger partial charge in [-0.15, -0.1) is 5.10 Å². The highest BCUT2D eigenvalue weighted by molar-refractivity contribution is 7.99. The van der Waals surface area contributed by atoms with Gasteiger partial charge in [-0.05, 0) is 30.9 Å². The van der Waals surface area contributed by atoms with Gasteiger partial charge in [-0.2, -0.15) is 11.8 Å². The van der Waals surface area contributed by atoms with Gasteiger partial charge in [0.2, 0.25) is 0 Å². The molecule has 0 saturated heterocycles. The Labute approximate surface area is 125 Å². The molecule has 4 nitrogen and oxygen atoms in total. The van der Waals surface area contributed by atoms with Gasteiger partial charge in [-0.3, -0.25) is 0 Å². The number of para-hydroxylation sites is 1. The zero-order chi connectivity index (χ0) is 14.2. The molecule has 0 radical (unpaired) electrons. The van der Waals surface area contributed by atoms with Crippen LogP contribution in [-0.2, 0) is 0 Å². The third-order valence-electron chi connectivity index (χ3n) is 3.02. The molecule has 1 N–H and O–H groups in total. The SMILES string of the molecule is CCCSCC(NCC)c1cnnn1-c1ccccc1. The van der Waals surface area contributed by atoms with E-state index in [4.69, 9.17) is 0 Å². The number of hydrogen-bond donors (Lipinski definition) is 1. The smallest absolute Gasteiger partial charge is 0.0823 e. The quantitative estimate of drug-likeness (QED) is 0.759. The number of nitrogens with zero attached hydrogens (tertiary/aromatic N) is 3. The van der Waals surface area contributed by atoms with Crippen molar-refractivity contribution in [2.45, 2.75) is 26.3 Å². The Morgan fingerprint density at radius 3 is 2.75 bits per heavy atom. The number of thioether (sulfide) groups is 1. The Morgan fingerprint density at radius 2 is 2.05 bits per heavy atom. The fourth-order valence-electron chi connectivity index (χ4n) is 2.09. The molecular formula is C15H22N4S. The third-order valence-corrected chi connectivity index (χ3v) is 4.28. The van der Waals surface area contributed by atoms with Crippen LogP contribution in [0, 0.1) is 0 Å². The van der Waals surface area contributed by atoms with Crippen LogP contribution in [0.5, 0.6) is 0 Å². The van der Waals surface area contributed by atoms with Crippen molar-refractivity contribution in [3.63, 3.8) is 0 Å². The maximum Gasteiger partial charge on any atom is 0.0823 e. The van der Waals surface area contributed by atoms with E-state index in [1.165, 1.54) is 12.2 Å². The van der Waals surface area contributed by atoms with Crippen LogP contribution in [0.2, 0.25) is 0 Å². The summed E-state index contributed by atoms with van der Waals surface area (Å²) in [5.74, 6) is 2.23. The number of aromatic nitrogens is 3. The molecule has 0 aliphatic carbocycles. The second kappa shape index (κ2) is 8.07. The van der Waals surface area contributed by atoms with Crippen LogP contribution in [0.4, 0.5) is 0 Å². The van der Waals surface area contributed by atoms with Gasteiger partial charge in [0, 0.05) is 5.75 Å². The summed E-state index contributed by atoms with van der Waals surface area (Å²) in [5.41, 5.74) is 2.19. The van der Waals surface area contributed by atoms with Crippen molar-refractivity contribution in [1.82, 2.24) is 20.3 Å². The number of hydrogen-bond acceptors (Lipinski definition) is 4. The van der Waals surface area contributed by atoms with Crippen LogP contribution in [-0.4, -0.2) is 33.0 Å². The molecule has 1 heterocycles. The molecule has 1 aromatic carbocycles. The molecule has 0 amide bonds. The topological polar surface area (TPSA) is 42.7 Å². The van der Waals surface area contributed by atoms with E-state index in [1.54, 1.807) is 0 Å². The first-order valence-corrected chi connectivity index (χ1v) is 8.29. The average Bonchev–Trinajstić information content (AvgIpc) is 2.97. The second-order valence-electron chi connectivity index (χ2n) is 4.59. The normalized spacial score (nSPS) is 12.5. The zero-order valence-electron chi connectivity index (χ0n) is 12.1. The summed E-state index contributed by atoms with van der Waals surface area (Å²) in [6.45, 7) is 5.29. The Balaban J connectivity index is 2.19. The molecule has 108 valence electrons. The van der Waals surface area contributed by atoms with Crippen LogP contribution < -0.4 is 5.32 Å². The first-order valence-electron chi connectivity index (χ1n) is 7.14. The van der Waals surface area contributed by atoms with Gasteiger partial charge in [0.05, 0.1) is 23.6 Å². The van der Waals surface area contributed by atoms with Gasteiger partial charge < -0.3 is 5.32 Å². The van der Waals surface area contributed by atoms with E-state index in [-0.39, 0.29) is 6.04 Å². The lowest BCUT2D eigenvalue weighted by Gasteiger charge is -2.18. The molecule has 0 bridgehead atoms. The molecule has 5 heteroatoms. The van der Waals surface area contributed by atoms with Crippen molar-refractivity contribution in [1.29, 1.82) is 0 Å². The highest BCUT2D eigenvalue weighted by atomic mass is 32.2. The van der Waals surface area contributed by atoms with Gasteiger partial charge in [0.15, 0.2) is 0 Å². The maximum absolute atomic E-state index is 4.24. The van der Waals surface area contributed by atoms with Crippen molar-refractivity contribution >= 4 is 11.8 Å². The number of nitrogens with one attached hydrogen (secondary N) is 1. The van der Waals surface area contributed by atoms with Crippen molar-refractivity contribution in [3.05, 3.63) is 42.2 Å². The standard InChI is InChI=1S/C15H22N4S/c1-3-10-20-12-14(16-4-2)15-11-17-18-19(15)13-8-6-5-7-9-13/h5-9,11,14,16H,3-4,10,12H2,1-2H3. The van der Waals surface area contributed by atoms with E-state index in [2.05, 4.69) is 41.6 Å². The van der Waals surface area contributed by atoms with Gasteiger partial charge >= 0.3 is 0 Å². The van der Waals surface area contributed by atoms with E-state index in [0.29, 0.717) is 0 Å². The summed E-state index contributed by atoms with van der Waals surface area (Å²) in [5, 5.41) is 11.9. The molecule has 0 saturated carbocycles. The first kappa shape index (κ1) is 15.1. The summed E-state index contributed by atoms with van der Waals surface area (Å²) in [6, 6.07) is 10.5. The number of rotatable bonds is 8. The fourth-order valence-corrected chi connectivity index (χ4v) is 3.07. The fraction of sp³-hybridized carbons (Fsp3) is 0.467. The van der Waals surface area contributed by atoms with Crippen LogP contribution in [0.3, 0.4) is 0 Å². The van der Waals surface area contributed by atoms with Crippen LogP contribution in [0.15, 0.2) is 36.5 Å². The van der Waals surface area contributed by atoms with Crippen LogP contribution in [0.1, 0.15) is 32.0 Å². The minimum absolute atomic E-state index is 0.284. The Kier molecular flexibility index (Phi) is 6.08. The van der Waals surface area contributed by atoms with E-state index in [1.807, 2.05) is 40.8 Å². The molecule has 20 heavy (non-hydrogen) atoms. The first-order chi connectivity index (χ1) is 9.86. The van der Waals surface area contributed by atoms with E-state index in [0.717, 1.165) is 23.7 Å². The maximum atomic E-state index is 4.24. The van der Waals surface area contributed by atoms with Crippen LogP contribution >= 0.6 is 11.8 Å². The molecule has 0 aliphatic heterocycles. The van der Waals surface area contributed by atoms with Gasteiger partial charge in [-0.1, -0.05) is 37.3 Å².